The maximum absolute atomic E-state index is 3.17. The molecule has 1 heterocycles. The van der Waals surface area contributed by atoms with Gasteiger partial charge in [-0.05, 0) is 36.1 Å². The van der Waals surface area contributed by atoms with E-state index in [-0.39, 0.29) is 0 Å². The average Bonchev–Trinajstić information content (AvgIpc) is 2.89. The quantitative estimate of drug-likeness (QED) is 0.869. The number of hydrogen-bond acceptors (Lipinski definition) is 3. The minimum absolute atomic E-state index is 1.05. The number of hydrogen-bond donors (Lipinski definition) is 1. The first kappa shape index (κ1) is 12.0. The minimum atomic E-state index is 1.05. The van der Waals surface area contributed by atoms with Gasteiger partial charge in [0.05, 0.1) is 0 Å². The second-order valence-corrected chi connectivity index (χ2v) is 5.08. The molecule has 1 aromatic carbocycles. The van der Waals surface area contributed by atoms with Crippen molar-refractivity contribution in [3.05, 3.63) is 46.7 Å². The lowest BCUT2D eigenvalue weighted by molar-refractivity contribution is 0.888. The molecule has 3 heteroatoms. The molecule has 0 radical (unpaired) electrons. The van der Waals surface area contributed by atoms with Gasteiger partial charge in [0.1, 0.15) is 0 Å². The van der Waals surface area contributed by atoms with E-state index in [1.165, 1.54) is 10.6 Å². The van der Waals surface area contributed by atoms with Crippen LogP contribution in [-0.2, 0) is 6.42 Å². The lowest BCUT2D eigenvalue weighted by Crippen LogP contribution is -2.19. The Balaban J connectivity index is 1.96. The summed E-state index contributed by atoms with van der Waals surface area (Å²) in [4.78, 5) is 3.74. The first-order valence-corrected chi connectivity index (χ1v) is 6.69. The van der Waals surface area contributed by atoms with Crippen LogP contribution in [0.25, 0.3) is 0 Å². The van der Waals surface area contributed by atoms with E-state index in [1.807, 2.05) is 18.4 Å². The fourth-order valence-corrected chi connectivity index (χ4v) is 2.46. The topological polar surface area (TPSA) is 15.3 Å². The smallest absolute Gasteiger partial charge is 0.0384 e. The summed E-state index contributed by atoms with van der Waals surface area (Å²) in [5.74, 6) is 0. The summed E-state index contributed by atoms with van der Waals surface area (Å²) >= 11 is 1.83. The van der Waals surface area contributed by atoms with Crippen molar-refractivity contribution in [2.75, 3.05) is 30.9 Å². The van der Waals surface area contributed by atoms with Crippen LogP contribution in [0.1, 0.15) is 4.88 Å². The van der Waals surface area contributed by atoms with Gasteiger partial charge in [-0.2, -0.15) is 0 Å². The zero-order chi connectivity index (χ0) is 12.1. The molecule has 0 bridgehead atoms. The molecule has 0 spiro atoms. The van der Waals surface area contributed by atoms with E-state index < -0.39 is 0 Å². The standard InChI is InChI=1S/C14H18N2S/c1-15-12-5-3-6-13(11-12)16(2)9-8-14-7-4-10-17-14/h3-7,10-11,15H,8-9H2,1-2H3. The van der Waals surface area contributed by atoms with Crippen LogP contribution in [-0.4, -0.2) is 20.6 Å². The predicted octanol–water partition coefficient (Wildman–Crippen LogP) is 3.47. The second kappa shape index (κ2) is 5.73. The number of nitrogens with zero attached hydrogens (tertiary/aromatic N) is 1. The number of nitrogens with one attached hydrogen (secondary N) is 1. The van der Waals surface area contributed by atoms with Gasteiger partial charge in [0.25, 0.3) is 0 Å². The fourth-order valence-electron chi connectivity index (χ4n) is 1.76. The number of rotatable bonds is 5. The highest BCUT2D eigenvalue weighted by Gasteiger charge is 2.02. The van der Waals surface area contributed by atoms with Gasteiger partial charge in [-0.3, -0.25) is 0 Å². The summed E-state index contributed by atoms with van der Waals surface area (Å²) in [7, 11) is 4.09. The van der Waals surface area contributed by atoms with Crippen LogP contribution >= 0.6 is 11.3 Å². The summed E-state index contributed by atoms with van der Waals surface area (Å²) in [6, 6.07) is 12.8. The molecule has 0 aliphatic carbocycles. The van der Waals surface area contributed by atoms with Gasteiger partial charge < -0.3 is 10.2 Å². The van der Waals surface area contributed by atoms with Crippen LogP contribution in [0.2, 0.25) is 0 Å². The predicted molar refractivity (Wildman–Crippen MR) is 77.3 cm³/mol. The minimum Gasteiger partial charge on any atom is -0.388 e. The largest absolute Gasteiger partial charge is 0.388 e. The van der Waals surface area contributed by atoms with Gasteiger partial charge in [0, 0.05) is 36.9 Å². The fraction of sp³-hybridized carbons (Fsp3) is 0.286. The van der Waals surface area contributed by atoms with Crippen molar-refractivity contribution in [3.63, 3.8) is 0 Å². The summed E-state index contributed by atoms with van der Waals surface area (Å²) in [6.45, 7) is 1.05. The van der Waals surface area contributed by atoms with Crippen LogP contribution in [0.3, 0.4) is 0 Å². The molecule has 2 aromatic rings. The SMILES string of the molecule is CNc1cccc(N(C)CCc2cccs2)c1. The Morgan fingerprint density at radius 1 is 1.24 bits per heavy atom. The molecule has 2 nitrogen and oxygen atoms in total. The highest BCUT2D eigenvalue weighted by Crippen LogP contribution is 2.18. The van der Waals surface area contributed by atoms with E-state index in [9.17, 15) is 0 Å². The third kappa shape index (κ3) is 3.24. The van der Waals surface area contributed by atoms with Gasteiger partial charge >= 0.3 is 0 Å². The summed E-state index contributed by atoms with van der Waals surface area (Å²) < 4.78 is 0. The van der Waals surface area contributed by atoms with E-state index in [2.05, 4.69) is 59.0 Å². The molecule has 0 saturated heterocycles. The van der Waals surface area contributed by atoms with Crippen molar-refractivity contribution in [1.29, 1.82) is 0 Å². The summed E-state index contributed by atoms with van der Waals surface area (Å²) in [5, 5.41) is 5.30. The lowest BCUT2D eigenvalue weighted by Gasteiger charge is -2.19. The number of thiophene rings is 1. The van der Waals surface area contributed by atoms with E-state index in [4.69, 9.17) is 0 Å². The summed E-state index contributed by atoms with van der Waals surface area (Å²) in [5.41, 5.74) is 2.42. The Labute approximate surface area is 107 Å². The molecule has 1 aromatic heterocycles. The van der Waals surface area contributed by atoms with Gasteiger partial charge in [0.15, 0.2) is 0 Å². The van der Waals surface area contributed by atoms with E-state index in [0.717, 1.165) is 18.7 Å². The molecule has 0 saturated carbocycles. The molecular formula is C14H18N2S. The van der Waals surface area contributed by atoms with Gasteiger partial charge in [0.2, 0.25) is 0 Å². The van der Waals surface area contributed by atoms with E-state index in [1.54, 1.807) is 0 Å². The Hall–Kier alpha value is -1.48. The van der Waals surface area contributed by atoms with Gasteiger partial charge in [-0.15, -0.1) is 11.3 Å². The zero-order valence-electron chi connectivity index (χ0n) is 10.3. The van der Waals surface area contributed by atoms with Crippen LogP contribution < -0.4 is 10.2 Å². The number of anilines is 2. The van der Waals surface area contributed by atoms with Gasteiger partial charge in [-0.25, -0.2) is 0 Å². The highest BCUT2D eigenvalue weighted by atomic mass is 32.1. The van der Waals surface area contributed by atoms with Crippen LogP contribution in [0.4, 0.5) is 11.4 Å². The Morgan fingerprint density at radius 3 is 2.82 bits per heavy atom. The van der Waals surface area contributed by atoms with E-state index in [0.29, 0.717) is 0 Å². The van der Waals surface area contributed by atoms with Crippen molar-refractivity contribution in [2.24, 2.45) is 0 Å². The molecule has 17 heavy (non-hydrogen) atoms. The normalized spacial score (nSPS) is 10.2. The average molecular weight is 246 g/mol. The van der Waals surface area contributed by atoms with Crippen LogP contribution in [0, 0.1) is 0 Å². The van der Waals surface area contributed by atoms with Crippen LogP contribution in [0.5, 0.6) is 0 Å². The van der Waals surface area contributed by atoms with E-state index >= 15 is 0 Å². The molecule has 0 amide bonds. The molecule has 0 fully saturated rings. The van der Waals surface area contributed by atoms with Crippen molar-refractivity contribution < 1.29 is 0 Å². The van der Waals surface area contributed by atoms with Crippen LogP contribution in [0.15, 0.2) is 41.8 Å². The van der Waals surface area contributed by atoms with Crippen molar-refractivity contribution in [1.82, 2.24) is 0 Å². The molecule has 0 atom stereocenters. The maximum Gasteiger partial charge on any atom is 0.0384 e. The molecule has 1 N–H and O–H groups in total. The van der Waals surface area contributed by atoms with Crippen molar-refractivity contribution in [3.8, 4) is 0 Å². The van der Waals surface area contributed by atoms with Crippen molar-refractivity contribution >= 4 is 22.7 Å². The van der Waals surface area contributed by atoms with Gasteiger partial charge in [-0.1, -0.05) is 12.1 Å². The Morgan fingerprint density at radius 2 is 2.12 bits per heavy atom. The Bertz CT molecular complexity index is 451. The zero-order valence-corrected chi connectivity index (χ0v) is 11.1. The molecule has 2 rings (SSSR count). The highest BCUT2D eigenvalue weighted by molar-refractivity contribution is 7.09. The number of benzene rings is 1. The molecular weight excluding hydrogens is 228 g/mol. The summed E-state index contributed by atoms with van der Waals surface area (Å²) in [6.07, 6.45) is 1.11. The third-order valence-electron chi connectivity index (χ3n) is 2.85. The Kier molecular flexibility index (Phi) is 4.04. The molecule has 90 valence electrons. The maximum atomic E-state index is 3.17. The third-order valence-corrected chi connectivity index (χ3v) is 3.79. The second-order valence-electron chi connectivity index (χ2n) is 4.05. The molecule has 0 unspecified atom stereocenters. The first-order valence-electron chi connectivity index (χ1n) is 5.81. The van der Waals surface area contributed by atoms with Crippen molar-refractivity contribution in [2.45, 2.75) is 6.42 Å². The number of likely N-dealkylation sites (N-methyl/N-ethyl adjacent to an activating group) is 1. The first-order chi connectivity index (χ1) is 8.29. The molecule has 0 aliphatic rings. The molecule has 0 aliphatic heterocycles. The lowest BCUT2D eigenvalue weighted by atomic mass is 10.2. The monoisotopic (exact) mass is 246 g/mol.